The summed E-state index contributed by atoms with van der Waals surface area (Å²) < 4.78 is 5.88. The number of carbonyl (C=O) groups excluding carboxylic acids is 1. The Morgan fingerprint density at radius 2 is 2.19 bits per heavy atom. The summed E-state index contributed by atoms with van der Waals surface area (Å²) in [5.41, 5.74) is -0.0119. The van der Waals surface area contributed by atoms with Gasteiger partial charge >= 0.3 is 5.69 Å². The van der Waals surface area contributed by atoms with Gasteiger partial charge in [0.25, 0.3) is 5.91 Å². The van der Waals surface area contributed by atoms with E-state index in [9.17, 15) is 14.9 Å². The van der Waals surface area contributed by atoms with Gasteiger partial charge in [-0.15, -0.1) is 11.3 Å². The normalized spacial score (nSPS) is 10.2. The van der Waals surface area contributed by atoms with E-state index in [1.54, 1.807) is 0 Å². The lowest BCUT2D eigenvalue weighted by Gasteiger charge is -2.06. The molecule has 0 unspecified atom stereocenters. The molecule has 0 aliphatic carbocycles. The van der Waals surface area contributed by atoms with Crippen LogP contribution in [-0.2, 0) is 6.54 Å². The zero-order valence-corrected chi connectivity index (χ0v) is 13.4. The smallest absolute Gasteiger partial charge is 0.311 e. The number of thiophene rings is 1. The Morgan fingerprint density at radius 3 is 2.76 bits per heavy atom. The first-order valence-electron chi connectivity index (χ1n) is 5.86. The van der Waals surface area contributed by atoms with E-state index in [4.69, 9.17) is 4.74 Å². The number of nitro groups is 1. The first-order chi connectivity index (χ1) is 10.0. The van der Waals surface area contributed by atoms with E-state index in [-0.39, 0.29) is 22.9 Å². The van der Waals surface area contributed by atoms with Crippen molar-refractivity contribution in [2.24, 2.45) is 0 Å². The van der Waals surface area contributed by atoms with Gasteiger partial charge in [0.1, 0.15) is 0 Å². The molecule has 2 rings (SSSR count). The van der Waals surface area contributed by atoms with Gasteiger partial charge in [-0.2, -0.15) is 0 Å². The minimum Gasteiger partial charge on any atom is -0.490 e. The molecule has 0 aliphatic heterocycles. The third-order valence-corrected chi connectivity index (χ3v) is 4.31. The fraction of sp³-hybridized carbons (Fsp3) is 0.154. The molecule has 1 heterocycles. The number of ether oxygens (including phenoxy) is 1. The van der Waals surface area contributed by atoms with Crippen LogP contribution in [0.2, 0.25) is 0 Å². The van der Waals surface area contributed by atoms with Crippen LogP contribution >= 0.6 is 27.3 Å². The van der Waals surface area contributed by atoms with Crippen molar-refractivity contribution in [2.75, 3.05) is 7.11 Å². The number of nitrogens with one attached hydrogen (secondary N) is 1. The van der Waals surface area contributed by atoms with E-state index in [0.29, 0.717) is 6.54 Å². The number of nitrogens with zero attached hydrogens (tertiary/aromatic N) is 1. The van der Waals surface area contributed by atoms with Crippen molar-refractivity contribution < 1.29 is 14.5 Å². The Bertz CT molecular complexity index is 687. The summed E-state index contributed by atoms with van der Waals surface area (Å²) in [6.45, 7) is 0.370. The zero-order valence-electron chi connectivity index (χ0n) is 11.0. The molecule has 8 heteroatoms. The average Bonchev–Trinajstić information content (AvgIpc) is 2.89. The second kappa shape index (κ2) is 6.68. The van der Waals surface area contributed by atoms with Gasteiger partial charge in [0, 0.05) is 16.5 Å². The number of methoxy groups -OCH3 is 1. The van der Waals surface area contributed by atoms with Crippen molar-refractivity contribution >= 4 is 38.9 Å². The van der Waals surface area contributed by atoms with Crippen molar-refractivity contribution in [3.8, 4) is 5.75 Å². The fourth-order valence-electron chi connectivity index (χ4n) is 1.69. The maximum atomic E-state index is 12.0. The predicted molar refractivity (Wildman–Crippen MR) is 82.8 cm³/mol. The predicted octanol–water partition coefficient (Wildman–Crippen LogP) is 3.36. The number of benzene rings is 1. The first kappa shape index (κ1) is 15.5. The minimum absolute atomic E-state index is 0.124. The Hall–Kier alpha value is -1.93. The third kappa shape index (κ3) is 3.79. The zero-order chi connectivity index (χ0) is 15.4. The summed E-state index contributed by atoms with van der Waals surface area (Å²) in [5.74, 6) is -0.246. The lowest BCUT2D eigenvalue weighted by molar-refractivity contribution is -0.385. The van der Waals surface area contributed by atoms with E-state index < -0.39 is 4.92 Å². The van der Waals surface area contributed by atoms with Gasteiger partial charge in [0.15, 0.2) is 5.75 Å². The van der Waals surface area contributed by atoms with Crippen molar-refractivity contribution in [1.29, 1.82) is 0 Å². The van der Waals surface area contributed by atoms with Gasteiger partial charge in [-0.3, -0.25) is 14.9 Å². The SMILES string of the molecule is COc1ccc(C(=O)NCc2ccc(Br)s2)cc1[N+](=O)[O-]. The molecule has 1 N–H and O–H groups in total. The summed E-state index contributed by atoms with van der Waals surface area (Å²) >= 11 is 4.86. The molecule has 0 saturated carbocycles. The summed E-state index contributed by atoms with van der Waals surface area (Å²) in [4.78, 5) is 23.4. The third-order valence-electron chi connectivity index (χ3n) is 2.69. The highest BCUT2D eigenvalue weighted by Crippen LogP contribution is 2.27. The molecule has 0 saturated heterocycles. The quantitative estimate of drug-likeness (QED) is 0.646. The Kier molecular flexibility index (Phi) is 4.92. The van der Waals surface area contributed by atoms with Gasteiger partial charge < -0.3 is 10.1 Å². The highest BCUT2D eigenvalue weighted by molar-refractivity contribution is 9.11. The fourth-order valence-corrected chi connectivity index (χ4v) is 3.11. The Morgan fingerprint density at radius 1 is 1.43 bits per heavy atom. The Balaban J connectivity index is 2.12. The number of carbonyl (C=O) groups is 1. The van der Waals surface area contributed by atoms with Crippen molar-refractivity contribution in [3.63, 3.8) is 0 Å². The van der Waals surface area contributed by atoms with Crippen LogP contribution in [0.25, 0.3) is 0 Å². The number of hydrogen-bond acceptors (Lipinski definition) is 5. The summed E-state index contributed by atoms with van der Waals surface area (Å²) in [5, 5.41) is 13.6. The number of rotatable bonds is 5. The topological polar surface area (TPSA) is 81.5 Å². The van der Waals surface area contributed by atoms with Crippen LogP contribution in [0.3, 0.4) is 0 Å². The van der Waals surface area contributed by atoms with Gasteiger partial charge in [0.05, 0.1) is 22.4 Å². The molecular weight excluding hydrogens is 360 g/mol. The standard InChI is InChI=1S/C13H11BrN2O4S/c1-20-11-4-2-8(6-10(11)16(18)19)13(17)15-7-9-3-5-12(14)21-9/h2-6H,7H2,1H3,(H,15,17). The molecule has 1 aromatic heterocycles. The first-order valence-corrected chi connectivity index (χ1v) is 7.47. The van der Waals surface area contributed by atoms with Gasteiger partial charge in [-0.1, -0.05) is 0 Å². The molecule has 110 valence electrons. The highest BCUT2D eigenvalue weighted by atomic mass is 79.9. The molecule has 0 bridgehead atoms. The summed E-state index contributed by atoms with van der Waals surface area (Å²) in [6, 6.07) is 7.90. The minimum atomic E-state index is -0.577. The van der Waals surface area contributed by atoms with Gasteiger partial charge in [-0.05, 0) is 40.2 Å². The van der Waals surface area contributed by atoms with Gasteiger partial charge in [0.2, 0.25) is 0 Å². The van der Waals surface area contributed by atoms with E-state index >= 15 is 0 Å². The van der Waals surface area contributed by atoms with Crippen LogP contribution in [-0.4, -0.2) is 17.9 Å². The maximum absolute atomic E-state index is 12.0. The maximum Gasteiger partial charge on any atom is 0.311 e. The molecular formula is C13H11BrN2O4S. The van der Waals surface area contributed by atoms with E-state index in [0.717, 1.165) is 8.66 Å². The molecule has 0 radical (unpaired) electrons. The van der Waals surface area contributed by atoms with Crippen LogP contribution in [0, 0.1) is 10.1 Å². The Labute approximate surface area is 133 Å². The van der Waals surface area contributed by atoms with Crippen molar-refractivity contribution in [1.82, 2.24) is 5.32 Å². The van der Waals surface area contributed by atoms with Crippen molar-refractivity contribution in [3.05, 3.63) is 54.7 Å². The number of halogens is 1. The number of hydrogen-bond donors (Lipinski definition) is 1. The molecule has 0 spiro atoms. The molecule has 0 atom stereocenters. The lowest BCUT2D eigenvalue weighted by atomic mass is 10.1. The molecule has 0 fully saturated rings. The molecule has 2 aromatic rings. The molecule has 0 aliphatic rings. The lowest BCUT2D eigenvalue weighted by Crippen LogP contribution is -2.22. The van der Waals surface area contributed by atoms with Gasteiger partial charge in [-0.25, -0.2) is 0 Å². The number of nitro benzene ring substituents is 1. The summed E-state index contributed by atoms with van der Waals surface area (Å²) in [7, 11) is 1.34. The van der Waals surface area contributed by atoms with Crippen LogP contribution < -0.4 is 10.1 Å². The van der Waals surface area contributed by atoms with Crippen LogP contribution in [0.15, 0.2) is 34.1 Å². The van der Waals surface area contributed by atoms with Crippen LogP contribution in [0.4, 0.5) is 5.69 Å². The molecule has 1 aromatic carbocycles. The van der Waals surface area contributed by atoms with Crippen LogP contribution in [0.1, 0.15) is 15.2 Å². The van der Waals surface area contributed by atoms with Crippen LogP contribution in [0.5, 0.6) is 5.75 Å². The average molecular weight is 371 g/mol. The number of amides is 1. The van der Waals surface area contributed by atoms with E-state index in [1.165, 1.54) is 36.6 Å². The molecule has 1 amide bonds. The summed E-state index contributed by atoms with van der Waals surface area (Å²) in [6.07, 6.45) is 0. The second-order valence-electron chi connectivity index (χ2n) is 4.03. The molecule has 6 nitrogen and oxygen atoms in total. The second-order valence-corrected chi connectivity index (χ2v) is 6.58. The van der Waals surface area contributed by atoms with E-state index in [2.05, 4.69) is 21.2 Å². The highest BCUT2D eigenvalue weighted by Gasteiger charge is 2.18. The molecule has 21 heavy (non-hydrogen) atoms. The monoisotopic (exact) mass is 370 g/mol. The largest absolute Gasteiger partial charge is 0.490 e. The van der Waals surface area contributed by atoms with E-state index in [1.807, 2.05) is 12.1 Å². The van der Waals surface area contributed by atoms with Crippen molar-refractivity contribution in [2.45, 2.75) is 6.54 Å².